The van der Waals surface area contributed by atoms with E-state index in [0.29, 0.717) is 6.17 Å². The first kappa shape index (κ1) is 25.7. The summed E-state index contributed by atoms with van der Waals surface area (Å²) in [7, 11) is 0. The predicted molar refractivity (Wildman–Crippen MR) is 125 cm³/mol. The molecule has 2 N–H and O–H groups in total. The Morgan fingerprint density at radius 1 is 0.679 bits per heavy atom. The third kappa shape index (κ3) is 13.0. The maximum Gasteiger partial charge on any atom is 0.0756 e. The van der Waals surface area contributed by atoms with Crippen LogP contribution in [0.15, 0.2) is 12.2 Å². The number of allylic oxidation sites excluding steroid dienone is 2. The summed E-state index contributed by atoms with van der Waals surface area (Å²) in [5.74, 6) is 6.19. The van der Waals surface area contributed by atoms with Gasteiger partial charge in [-0.05, 0) is 45.1 Å². The summed E-state index contributed by atoms with van der Waals surface area (Å²) < 4.78 is 0. The van der Waals surface area contributed by atoms with Crippen molar-refractivity contribution in [1.29, 1.82) is 0 Å². The van der Waals surface area contributed by atoms with Crippen LogP contribution in [0.5, 0.6) is 0 Å². The minimum absolute atomic E-state index is 0.503. The predicted octanol–water partition coefficient (Wildman–Crippen LogP) is 7.03. The highest BCUT2D eigenvalue weighted by Gasteiger charge is 2.28. The lowest BCUT2D eigenvalue weighted by molar-refractivity contribution is 0.123. The molecule has 0 spiro atoms. The van der Waals surface area contributed by atoms with Gasteiger partial charge in [0.15, 0.2) is 0 Å². The van der Waals surface area contributed by atoms with Gasteiger partial charge in [-0.15, -0.1) is 0 Å². The van der Waals surface area contributed by atoms with E-state index in [1.807, 2.05) is 0 Å². The van der Waals surface area contributed by atoms with Gasteiger partial charge in [-0.25, -0.2) is 5.01 Å². The van der Waals surface area contributed by atoms with Crippen molar-refractivity contribution in [3.05, 3.63) is 12.2 Å². The highest BCUT2D eigenvalue weighted by Crippen LogP contribution is 2.19. The first-order chi connectivity index (χ1) is 13.8. The number of hydrogen-bond acceptors (Lipinski definition) is 3. The van der Waals surface area contributed by atoms with Gasteiger partial charge in [-0.1, -0.05) is 96.6 Å². The molecule has 1 fully saturated rings. The minimum Gasteiger partial charge on any atom is -0.286 e. The van der Waals surface area contributed by atoms with Crippen LogP contribution in [0.2, 0.25) is 0 Å². The molecule has 0 amide bonds. The highest BCUT2D eigenvalue weighted by molar-refractivity contribution is 4.81. The fourth-order valence-corrected chi connectivity index (χ4v) is 4.30. The van der Waals surface area contributed by atoms with E-state index in [1.165, 1.54) is 116 Å². The first-order valence-electron chi connectivity index (χ1n) is 12.7. The number of nitrogens with two attached hydrogens (primary N) is 1. The monoisotopic (exact) mass is 393 g/mol. The van der Waals surface area contributed by atoms with Gasteiger partial charge in [0.05, 0.1) is 6.17 Å². The molecule has 1 aliphatic rings. The topological polar surface area (TPSA) is 32.5 Å². The summed E-state index contributed by atoms with van der Waals surface area (Å²) in [6.07, 6.45) is 28.5. The van der Waals surface area contributed by atoms with Crippen molar-refractivity contribution in [1.82, 2.24) is 9.91 Å². The van der Waals surface area contributed by atoms with Gasteiger partial charge in [-0.3, -0.25) is 10.7 Å². The van der Waals surface area contributed by atoms with Crippen molar-refractivity contribution < 1.29 is 0 Å². The standard InChI is InChI=1S/C25H51N3/c1-3-5-7-8-9-10-11-12-13-14-15-16-17-18-19-20-21-25-27(22-6-4-2)23-24-28(25)26/h12-13,25H,3-11,14-24,26H2,1-2H3/b13-12-. The van der Waals surface area contributed by atoms with Crippen molar-refractivity contribution in [2.45, 2.75) is 129 Å². The molecule has 166 valence electrons. The Bertz CT molecular complexity index is 356. The number of hydrazine groups is 1. The zero-order valence-electron chi connectivity index (χ0n) is 19.3. The van der Waals surface area contributed by atoms with Crippen LogP contribution >= 0.6 is 0 Å². The molecule has 1 aliphatic heterocycles. The second kappa shape index (κ2) is 18.6. The van der Waals surface area contributed by atoms with E-state index in [1.54, 1.807) is 0 Å². The van der Waals surface area contributed by atoms with E-state index in [2.05, 4.69) is 35.9 Å². The lowest BCUT2D eigenvalue weighted by atomic mass is 10.1. The molecule has 3 nitrogen and oxygen atoms in total. The maximum atomic E-state index is 6.19. The summed E-state index contributed by atoms with van der Waals surface area (Å²) in [6, 6.07) is 0. The molecule has 1 rings (SSSR count). The largest absolute Gasteiger partial charge is 0.286 e. The molecule has 0 bridgehead atoms. The van der Waals surface area contributed by atoms with Gasteiger partial charge in [-0.2, -0.15) is 0 Å². The number of rotatable bonds is 19. The Morgan fingerprint density at radius 2 is 1.21 bits per heavy atom. The molecule has 28 heavy (non-hydrogen) atoms. The molecule has 1 unspecified atom stereocenters. The molecule has 0 aliphatic carbocycles. The van der Waals surface area contributed by atoms with Crippen molar-refractivity contribution in [2.24, 2.45) is 5.84 Å². The average Bonchev–Trinajstić information content (AvgIpc) is 3.05. The maximum absolute atomic E-state index is 6.19. The van der Waals surface area contributed by atoms with Gasteiger partial charge >= 0.3 is 0 Å². The summed E-state index contributed by atoms with van der Waals surface area (Å²) in [6.45, 7) is 7.99. The molecule has 3 heteroatoms. The Hall–Kier alpha value is -0.380. The second-order valence-electron chi connectivity index (χ2n) is 8.83. The van der Waals surface area contributed by atoms with E-state index in [-0.39, 0.29) is 0 Å². The van der Waals surface area contributed by atoms with Crippen LogP contribution in [0.4, 0.5) is 0 Å². The highest BCUT2D eigenvalue weighted by atomic mass is 15.5. The summed E-state index contributed by atoms with van der Waals surface area (Å²) in [5, 5.41) is 2.08. The lowest BCUT2D eigenvalue weighted by Crippen LogP contribution is -2.42. The Balaban J connectivity index is 1.86. The number of hydrogen-bond donors (Lipinski definition) is 1. The molecule has 1 atom stereocenters. The van der Waals surface area contributed by atoms with Crippen molar-refractivity contribution in [2.75, 3.05) is 19.6 Å². The van der Waals surface area contributed by atoms with Crippen LogP contribution in [0.3, 0.4) is 0 Å². The minimum atomic E-state index is 0.503. The Morgan fingerprint density at radius 3 is 1.82 bits per heavy atom. The van der Waals surface area contributed by atoms with Gasteiger partial charge in [0, 0.05) is 13.1 Å². The van der Waals surface area contributed by atoms with E-state index in [4.69, 9.17) is 5.84 Å². The van der Waals surface area contributed by atoms with Crippen LogP contribution in [-0.2, 0) is 0 Å². The van der Waals surface area contributed by atoms with Crippen molar-refractivity contribution in [3.8, 4) is 0 Å². The van der Waals surface area contributed by atoms with Gasteiger partial charge in [0.1, 0.15) is 0 Å². The van der Waals surface area contributed by atoms with Crippen LogP contribution in [-0.4, -0.2) is 35.7 Å². The van der Waals surface area contributed by atoms with Gasteiger partial charge in [0.2, 0.25) is 0 Å². The third-order valence-electron chi connectivity index (χ3n) is 6.22. The molecular formula is C25H51N3. The summed E-state index contributed by atoms with van der Waals surface area (Å²) >= 11 is 0. The number of nitrogens with zero attached hydrogens (tertiary/aromatic N) is 2. The molecule has 0 aromatic carbocycles. The zero-order chi connectivity index (χ0) is 20.3. The zero-order valence-corrected chi connectivity index (χ0v) is 19.3. The van der Waals surface area contributed by atoms with Crippen LogP contribution < -0.4 is 5.84 Å². The quantitative estimate of drug-likeness (QED) is 0.145. The van der Waals surface area contributed by atoms with E-state index in [0.717, 1.165) is 13.1 Å². The summed E-state index contributed by atoms with van der Waals surface area (Å²) in [4.78, 5) is 2.60. The second-order valence-corrected chi connectivity index (χ2v) is 8.83. The molecule has 0 aromatic heterocycles. The molecule has 0 radical (unpaired) electrons. The van der Waals surface area contributed by atoms with Crippen LogP contribution in [0.1, 0.15) is 123 Å². The summed E-state index contributed by atoms with van der Waals surface area (Å²) in [5.41, 5.74) is 0. The van der Waals surface area contributed by atoms with Crippen LogP contribution in [0.25, 0.3) is 0 Å². The van der Waals surface area contributed by atoms with Gasteiger partial charge < -0.3 is 0 Å². The molecule has 0 aromatic rings. The van der Waals surface area contributed by atoms with Gasteiger partial charge in [0.25, 0.3) is 0 Å². The van der Waals surface area contributed by atoms with Crippen molar-refractivity contribution in [3.63, 3.8) is 0 Å². The van der Waals surface area contributed by atoms with E-state index < -0.39 is 0 Å². The Kier molecular flexibility index (Phi) is 17.1. The molecular weight excluding hydrogens is 342 g/mol. The lowest BCUT2D eigenvalue weighted by Gasteiger charge is -2.27. The first-order valence-corrected chi connectivity index (χ1v) is 12.7. The fourth-order valence-electron chi connectivity index (χ4n) is 4.30. The molecule has 1 saturated heterocycles. The Labute approximate surface area is 177 Å². The smallest absolute Gasteiger partial charge is 0.0756 e. The van der Waals surface area contributed by atoms with Crippen molar-refractivity contribution >= 4 is 0 Å². The van der Waals surface area contributed by atoms with Crippen LogP contribution in [0, 0.1) is 0 Å². The average molecular weight is 394 g/mol. The van der Waals surface area contributed by atoms with E-state index >= 15 is 0 Å². The normalized spacial score (nSPS) is 18.6. The SMILES string of the molecule is CCCCCCCC/C=C\CCCCCCCCC1N(N)CCN1CCCC. The third-order valence-corrected chi connectivity index (χ3v) is 6.22. The molecule has 0 saturated carbocycles. The number of unbranched alkanes of at least 4 members (excludes halogenated alkanes) is 13. The molecule has 1 heterocycles. The van der Waals surface area contributed by atoms with E-state index in [9.17, 15) is 0 Å². The fraction of sp³-hybridized carbons (Fsp3) is 0.920.